The lowest BCUT2D eigenvalue weighted by molar-refractivity contribution is -0.140. The Morgan fingerprint density at radius 2 is 1.95 bits per heavy atom. The lowest BCUT2D eigenvalue weighted by Gasteiger charge is -2.13. The lowest BCUT2D eigenvalue weighted by atomic mass is 10.1. The fourth-order valence-corrected chi connectivity index (χ4v) is 1.48. The van der Waals surface area contributed by atoms with E-state index in [1.54, 1.807) is 0 Å². The molecule has 0 aromatic carbocycles. The summed E-state index contributed by atoms with van der Waals surface area (Å²) < 4.78 is 0. The standard InChI is InChI=1S/C11H12ClN3O5/c12-8-5-4-6(14-15-8)10(18)13-7(11(19)20)2-1-3-9(16)17/h4-5,7H,1-3H2,(H,13,18)(H,16,17)(H,19,20)/t7-/m1/s1. The maximum absolute atomic E-state index is 11.7. The van der Waals surface area contributed by atoms with Crippen LogP contribution >= 0.6 is 11.6 Å². The normalized spacial score (nSPS) is 11.7. The Bertz CT molecular complexity index is 505. The molecule has 0 fully saturated rings. The van der Waals surface area contributed by atoms with Gasteiger partial charge in [0.05, 0.1) is 0 Å². The predicted octanol–water partition coefficient (Wildman–Crippen LogP) is 0.568. The summed E-state index contributed by atoms with van der Waals surface area (Å²) in [4.78, 5) is 33.1. The molecule has 0 bridgehead atoms. The highest BCUT2D eigenvalue weighted by Gasteiger charge is 2.21. The number of carboxylic acid groups (broad SMARTS) is 2. The first kappa shape index (κ1) is 15.8. The number of carboxylic acids is 2. The summed E-state index contributed by atoms with van der Waals surface area (Å²) in [5.41, 5.74) is -0.0705. The Kier molecular flexibility index (Phi) is 5.85. The Balaban J connectivity index is 2.60. The van der Waals surface area contributed by atoms with Crippen molar-refractivity contribution < 1.29 is 24.6 Å². The number of aromatic nitrogens is 2. The van der Waals surface area contributed by atoms with Crippen LogP contribution < -0.4 is 5.32 Å². The van der Waals surface area contributed by atoms with Gasteiger partial charge < -0.3 is 15.5 Å². The summed E-state index contributed by atoms with van der Waals surface area (Å²) in [7, 11) is 0. The Morgan fingerprint density at radius 1 is 1.25 bits per heavy atom. The third-order valence-electron chi connectivity index (χ3n) is 2.35. The number of hydrogen-bond donors (Lipinski definition) is 3. The van der Waals surface area contributed by atoms with Crippen LogP contribution in [0.25, 0.3) is 0 Å². The molecule has 1 aromatic rings. The van der Waals surface area contributed by atoms with E-state index in [4.69, 9.17) is 21.8 Å². The van der Waals surface area contributed by atoms with Crippen molar-refractivity contribution in [3.05, 3.63) is 23.0 Å². The number of aliphatic carboxylic acids is 2. The highest BCUT2D eigenvalue weighted by Crippen LogP contribution is 2.05. The highest BCUT2D eigenvalue weighted by atomic mass is 35.5. The zero-order valence-electron chi connectivity index (χ0n) is 10.2. The maximum Gasteiger partial charge on any atom is 0.326 e. The molecule has 9 heteroatoms. The second-order valence-corrected chi connectivity index (χ2v) is 4.28. The lowest BCUT2D eigenvalue weighted by Crippen LogP contribution is -2.41. The summed E-state index contributed by atoms with van der Waals surface area (Å²) in [5, 5.41) is 26.8. The molecule has 0 spiro atoms. The molecule has 0 aliphatic heterocycles. The highest BCUT2D eigenvalue weighted by molar-refractivity contribution is 6.29. The zero-order valence-corrected chi connectivity index (χ0v) is 11.0. The van der Waals surface area contributed by atoms with Gasteiger partial charge in [0.1, 0.15) is 6.04 Å². The quantitative estimate of drug-likeness (QED) is 0.671. The SMILES string of the molecule is O=C(O)CCC[C@@H](NC(=O)c1ccc(Cl)nn1)C(=O)O. The van der Waals surface area contributed by atoms with Gasteiger partial charge in [-0.1, -0.05) is 11.6 Å². The monoisotopic (exact) mass is 301 g/mol. The van der Waals surface area contributed by atoms with Crippen LogP contribution in [-0.4, -0.2) is 44.3 Å². The minimum Gasteiger partial charge on any atom is -0.481 e. The van der Waals surface area contributed by atoms with E-state index >= 15 is 0 Å². The van der Waals surface area contributed by atoms with Crippen LogP contribution in [-0.2, 0) is 9.59 Å². The van der Waals surface area contributed by atoms with Crippen molar-refractivity contribution in [2.24, 2.45) is 0 Å². The number of hydrogen-bond acceptors (Lipinski definition) is 5. The van der Waals surface area contributed by atoms with Gasteiger partial charge in [0.25, 0.3) is 5.91 Å². The van der Waals surface area contributed by atoms with E-state index < -0.39 is 23.9 Å². The van der Waals surface area contributed by atoms with Crippen molar-refractivity contribution in [2.75, 3.05) is 0 Å². The van der Waals surface area contributed by atoms with Crippen LogP contribution in [0.3, 0.4) is 0 Å². The van der Waals surface area contributed by atoms with E-state index in [-0.39, 0.29) is 30.1 Å². The van der Waals surface area contributed by atoms with Crippen molar-refractivity contribution in [2.45, 2.75) is 25.3 Å². The van der Waals surface area contributed by atoms with E-state index in [9.17, 15) is 14.4 Å². The Morgan fingerprint density at radius 3 is 2.45 bits per heavy atom. The smallest absolute Gasteiger partial charge is 0.326 e. The molecule has 1 amide bonds. The summed E-state index contributed by atoms with van der Waals surface area (Å²) in [6, 6.07) is 1.48. The molecule has 0 unspecified atom stereocenters. The molecule has 1 heterocycles. The van der Waals surface area contributed by atoms with E-state index in [1.165, 1.54) is 12.1 Å². The fourth-order valence-electron chi connectivity index (χ4n) is 1.38. The first-order valence-corrected chi connectivity index (χ1v) is 6.02. The molecular weight excluding hydrogens is 290 g/mol. The van der Waals surface area contributed by atoms with Gasteiger partial charge in [-0.3, -0.25) is 9.59 Å². The number of carbonyl (C=O) groups excluding carboxylic acids is 1. The third-order valence-corrected chi connectivity index (χ3v) is 2.55. The number of carbonyl (C=O) groups is 3. The molecule has 108 valence electrons. The van der Waals surface area contributed by atoms with Crippen LogP contribution in [0, 0.1) is 0 Å². The first-order valence-electron chi connectivity index (χ1n) is 5.65. The largest absolute Gasteiger partial charge is 0.481 e. The van der Waals surface area contributed by atoms with Crippen molar-refractivity contribution in [3.8, 4) is 0 Å². The Labute approximate surface area is 118 Å². The molecular formula is C11H12ClN3O5. The van der Waals surface area contributed by atoms with Gasteiger partial charge in [-0.15, -0.1) is 10.2 Å². The third kappa shape index (κ3) is 5.19. The zero-order chi connectivity index (χ0) is 15.1. The average molecular weight is 302 g/mol. The molecule has 20 heavy (non-hydrogen) atoms. The minimum absolute atomic E-state index is 0.00833. The molecule has 0 saturated carbocycles. The van der Waals surface area contributed by atoms with Crippen molar-refractivity contribution in [1.82, 2.24) is 15.5 Å². The molecule has 1 aromatic heterocycles. The summed E-state index contributed by atoms with van der Waals surface area (Å²) in [6.45, 7) is 0. The summed E-state index contributed by atoms with van der Waals surface area (Å²) in [5.74, 6) is -2.98. The van der Waals surface area contributed by atoms with Crippen LogP contribution in [0.4, 0.5) is 0 Å². The second-order valence-electron chi connectivity index (χ2n) is 3.89. The summed E-state index contributed by atoms with van der Waals surface area (Å²) in [6.07, 6.45) is -0.0202. The van der Waals surface area contributed by atoms with Crippen molar-refractivity contribution in [1.29, 1.82) is 0 Å². The number of rotatable bonds is 7. The minimum atomic E-state index is -1.24. The molecule has 8 nitrogen and oxygen atoms in total. The van der Waals surface area contributed by atoms with Gasteiger partial charge in [-0.25, -0.2) is 4.79 Å². The molecule has 0 saturated heterocycles. The van der Waals surface area contributed by atoms with E-state index in [0.717, 1.165) is 0 Å². The molecule has 0 aliphatic carbocycles. The predicted molar refractivity (Wildman–Crippen MR) is 67.4 cm³/mol. The van der Waals surface area contributed by atoms with Gasteiger partial charge in [0, 0.05) is 6.42 Å². The number of halogens is 1. The van der Waals surface area contributed by atoms with Crippen molar-refractivity contribution in [3.63, 3.8) is 0 Å². The van der Waals surface area contributed by atoms with Crippen LogP contribution in [0.2, 0.25) is 5.15 Å². The number of amides is 1. The van der Waals surface area contributed by atoms with Crippen LogP contribution in [0.5, 0.6) is 0 Å². The van der Waals surface area contributed by atoms with Crippen LogP contribution in [0.1, 0.15) is 29.8 Å². The summed E-state index contributed by atoms with van der Waals surface area (Å²) >= 11 is 5.52. The van der Waals surface area contributed by atoms with Gasteiger partial charge in [-0.05, 0) is 25.0 Å². The number of nitrogens with zero attached hydrogens (tertiary/aromatic N) is 2. The van der Waals surface area contributed by atoms with Crippen molar-refractivity contribution >= 4 is 29.4 Å². The van der Waals surface area contributed by atoms with Gasteiger partial charge in [0.2, 0.25) is 0 Å². The molecule has 1 rings (SSSR count). The van der Waals surface area contributed by atoms with E-state index in [1.807, 2.05) is 0 Å². The van der Waals surface area contributed by atoms with Gasteiger partial charge >= 0.3 is 11.9 Å². The molecule has 3 N–H and O–H groups in total. The fraction of sp³-hybridized carbons (Fsp3) is 0.364. The average Bonchev–Trinajstić information content (AvgIpc) is 2.37. The van der Waals surface area contributed by atoms with E-state index in [0.29, 0.717) is 0 Å². The van der Waals surface area contributed by atoms with Gasteiger partial charge in [-0.2, -0.15) is 0 Å². The first-order chi connectivity index (χ1) is 9.40. The van der Waals surface area contributed by atoms with E-state index in [2.05, 4.69) is 15.5 Å². The topological polar surface area (TPSA) is 129 Å². The molecule has 1 atom stereocenters. The molecule has 0 aliphatic rings. The van der Waals surface area contributed by atoms with Crippen LogP contribution in [0.15, 0.2) is 12.1 Å². The molecule has 0 radical (unpaired) electrons. The Hall–Kier alpha value is -2.22. The second kappa shape index (κ2) is 7.39. The maximum atomic E-state index is 11.7. The van der Waals surface area contributed by atoms with Gasteiger partial charge in [0.15, 0.2) is 10.8 Å². The number of nitrogens with one attached hydrogen (secondary N) is 1.